The molecule has 0 saturated carbocycles. The minimum Gasteiger partial charge on any atom is -0.396 e. The molecule has 0 spiro atoms. The van der Waals surface area contributed by atoms with Crippen molar-refractivity contribution in [3.05, 3.63) is 65.3 Å². The van der Waals surface area contributed by atoms with E-state index in [2.05, 4.69) is 40.6 Å². The predicted octanol–water partition coefficient (Wildman–Crippen LogP) is 5.45. The van der Waals surface area contributed by atoms with E-state index < -0.39 is 0 Å². The average molecular weight is 396 g/mol. The van der Waals surface area contributed by atoms with Crippen LogP contribution in [0.5, 0.6) is 0 Å². The molecule has 3 aromatic rings. The van der Waals surface area contributed by atoms with Crippen molar-refractivity contribution in [1.82, 2.24) is 4.98 Å². The van der Waals surface area contributed by atoms with Gasteiger partial charge in [-0.3, -0.25) is 4.98 Å². The van der Waals surface area contributed by atoms with Crippen molar-refractivity contribution < 1.29 is 4.74 Å². The van der Waals surface area contributed by atoms with E-state index in [1.165, 1.54) is 5.56 Å². The third kappa shape index (κ3) is 4.57. The first-order chi connectivity index (χ1) is 13.7. The Labute approximate surface area is 171 Å². The van der Waals surface area contributed by atoms with E-state index in [0.29, 0.717) is 16.8 Å². The molecule has 1 saturated heterocycles. The lowest BCUT2D eigenvalue weighted by Gasteiger charge is -2.31. The molecule has 0 unspecified atom stereocenters. The van der Waals surface area contributed by atoms with Crippen molar-refractivity contribution in [2.45, 2.75) is 44.2 Å². The van der Waals surface area contributed by atoms with Crippen LogP contribution in [0.3, 0.4) is 0 Å². The average Bonchev–Trinajstić information content (AvgIpc) is 2.71. The van der Waals surface area contributed by atoms with Crippen molar-refractivity contribution in [2.24, 2.45) is 0 Å². The molecule has 2 atom stereocenters. The molecule has 5 heteroatoms. The van der Waals surface area contributed by atoms with Crippen molar-refractivity contribution >= 4 is 33.9 Å². The number of fused-ring (bicyclic) bond motifs is 1. The fraction of sp³-hybridized carbons (Fsp3) is 0.348. The topological polar surface area (TPSA) is 60.2 Å². The van der Waals surface area contributed by atoms with Crippen LogP contribution in [-0.2, 0) is 11.2 Å². The van der Waals surface area contributed by atoms with Crippen LogP contribution in [0.25, 0.3) is 10.9 Å². The molecule has 3 N–H and O–H groups in total. The van der Waals surface area contributed by atoms with Gasteiger partial charge in [0.2, 0.25) is 0 Å². The smallest absolute Gasteiger partial charge is 0.0743 e. The molecule has 1 aliphatic heterocycles. The van der Waals surface area contributed by atoms with Crippen LogP contribution in [0, 0.1) is 0 Å². The number of nitrogens with zero attached hydrogens (tertiary/aromatic N) is 1. The summed E-state index contributed by atoms with van der Waals surface area (Å²) in [7, 11) is 0. The molecular formula is C23H26ClN3O. The summed E-state index contributed by atoms with van der Waals surface area (Å²) in [6.45, 7) is 0.775. The van der Waals surface area contributed by atoms with E-state index in [1.54, 1.807) is 6.20 Å². The molecule has 0 radical (unpaired) electrons. The standard InChI is InChI=1S/C23H26ClN3O/c24-17-9-10-22-20(13-17)23(21(25)15-26-22)27-18-11-12-28-19(14-18)8-4-7-16-5-2-1-3-6-16/h1-3,5-6,9-10,13,15,18-19H,4,7-8,11-12,14,25H2,(H,26,27)/t18-,19-/m1/s1. The monoisotopic (exact) mass is 395 g/mol. The fourth-order valence-corrected chi connectivity index (χ4v) is 4.11. The molecule has 0 amide bonds. The lowest BCUT2D eigenvalue weighted by Crippen LogP contribution is -2.34. The second-order valence-corrected chi connectivity index (χ2v) is 7.92. The molecule has 1 aliphatic rings. The van der Waals surface area contributed by atoms with E-state index >= 15 is 0 Å². The highest BCUT2D eigenvalue weighted by Crippen LogP contribution is 2.32. The summed E-state index contributed by atoms with van der Waals surface area (Å²) in [5.41, 5.74) is 10.1. The summed E-state index contributed by atoms with van der Waals surface area (Å²) in [5, 5.41) is 5.31. The summed E-state index contributed by atoms with van der Waals surface area (Å²) in [4.78, 5) is 4.41. The molecule has 146 valence electrons. The number of halogens is 1. The molecule has 2 aromatic carbocycles. The predicted molar refractivity (Wildman–Crippen MR) is 117 cm³/mol. The third-order valence-corrected chi connectivity index (χ3v) is 5.64. The Morgan fingerprint density at radius 3 is 2.89 bits per heavy atom. The number of nitrogen functional groups attached to an aromatic ring is 1. The number of rotatable bonds is 6. The van der Waals surface area contributed by atoms with Gasteiger partial charge in [0.1, 0.15) is 0 Å². The summed E-state index contributed by atoms with van der Waals surface area (Å²) in [6, 6.07) is 16.7. The van der Waals surface area contributed by atoms with Crippen molar-refractivity contribution in [1.29, 1.82) is 0 Å². The van der Waals surface area contributed by atoms with Crippen LogP contribution in [-0.4, -0.2) is 23.7 Å². The Hall–Kier alpha value is -2.30. The molecule has 1 aromatic heterocycles. The molecule has 0 bridgehead atoms. The Balaban J connectivity index is 1.39. The highest BCUT2D eigenvalue weighted by Gasteiger charge is 2.23. The van der Waals surface area contributed by atoms with Crippen LogP contribution in [0.1, 0.15) is 31.2 Å². The highest BCUT2D eigenvalue weighted by molar-refractivity contribution is 6.31. The van der Waals surface area contributed by atoms with Crippen LogP contribution in [0.2, 0.25) is 5.02 Å². The Morgan fingerprint density at radius 1 is 1.18 bits per heavy atom. The Morgan fingerprint density at radius 2 is 2.04 bits per heavy atom. The zero-order valence-electron chi connectivity index (χ0n) is 15.9. The van der Waals surface area contributed by atoms with Gasteiger partial charge in [-0.15, -0.1) is 0 Å². The fourth-order valence-electron chi connectivity index (χ4n) is 3.94. The van der Waals surface area contributed by atoms with Crippen molar-refractivity contribution in [2.75, 3.05) is 17.7 Å². The Kier molecular flexibility index (Phi) is 5.98. The second kappa shape index (κ2) is 8.80. The van der Waals surface area contributed by atoms with Gasteiger partial charge in [-0.05, 0) is 55.9 Å². The lowest BCUT2D eigenvalue weighted by molar-refractivity contribution is 0.00533. The van der Waals surface area contributed by atoms with Gasteiger partial charge in [0.15, 0.2) is 0 Å². The molecule has 28 heavy (non-hydrogen) atoms. The highest BCUT2D eigenvalue weighted by atomic mass is 35.5. The molecule has 4 rings (SSSR count). The lowest BCUT2D eigenvalue weighted by atomic mass is 9.97. The van der Waals surface area contributed by atoms with E-state index in [1.807, 2.05) is 18.2 Å². The first-order valence-corrected chi connectivity index (χ1v) is 10.3. The number of aromatic nitrogens is 1. The van der Waals surface area contributed by atoms with E-state index in [-0.39, 0.29) is 6.10 Å². The van der Waals surface area contributed by atoms with Gasteiger partial charge in [0.05, 0.1) is 29.2 Å². The number of hydrogen-bond donors (Lipinski definition) is 2. The van der Waals surface area contributed by atoms with Gasteiger partial charge < -0.3 is 15.8 Å². The first kappa shape index (κ1) is 19.0. The maximum Gasteiger partial charge on any atom is 0.0743 e. The maximum absolute atomic E-state index is 6.23. The number of benzene rings is 2. The first-order valence-electron chi connectivity index (χ1n) is 9.95. The van der Waals surface area contributed by atoms with Crippen LogP contribution >= 0.6 is 11.6 Å². The number of aryl methyl sites for hydroxylation is 1. The molecular weight excluding hydrogens is 370 g/mol. The number of nitrogens with one attached hydrogen (secondary N) is 1. The molecule has 1 fully saturated rings. The van der Waals surface area contributed by atoms with E-state index in [9.17, 15) is 0 Å². The van der Waals surface area contributed by atoms with Crippen molar-refractivity contribution in [3.8, 4) is 0 Å². The SMILES string of the molecule is Nc1cnc2ccc(Cl)cc2c1N[C@@H]1CCO[C@H](CCCc2ccccc2)C1. The van der Waals surface area contributed by atoms with E-state index in [4.69, 9.17) is 22.1 Å². The third-order valence-electron chi connectivity index (χ3n) is 5.41. The largest absolute Gasteiger partial charge is 0.396 e. The Bertz CT molecular complexity index is 927. The van der Waals surface area contributed by atoms with Gasteiger partial charge >= 0.3 is 0 Å². The zero-order valence-corrected chi connectivity index (χ0v) is 16.7. The van der Waals surface area contributed by atoms with Gasteiger partial charge in [-0.25, -0.2) is 0 Å². The number of pyridine rings is 1. The number of anilines is 2. The molecule has 2 heterocycles. The van der Waals surface area contributed by atoms with Crippen LogP contribution in [0.4, 0.5) is 11.4 Å². The molecule has 0 aliphatic carbocycles. The van der Waals surface area contributed by atoms with Crippen LogP contribution in [0.15, 0.2) is 54.7 Å². The van der Waals surface area contributed by atoms with Gasteiger partial charge in [0, 0.05) is 23.1 Å². The number of hydrogen-bond acceptors (Lipinski definition) is 4. The number of ether oxygens (including phenoxy) is 1. The summed E-state index contributed by atoms with van der Waals surface area (Å²) in [6.07, 6.45) is 7.27. The second-order valence-electron chi connectivity index (χ2n) is 7.49. The minimum absolute atomic E-state index is 0.285. The summed E-state index contributed by atoms with van der Waals surface area (Å²) < 4.78 is 6.02. The van der Waals surface area contributed by atoms with E-state index in [0.717, 1.165) is 55.3 Å². The van der Waals surface area contributed by atoms with Gasteiger partial charge in [-0.2, -0.15) is 0 Å². The zero-order chi connectivity index (χ0) is 19.3. The minimum atomic E-state index is 0.285. The maximum atomic E-state index is 6.23. The van der Waals surface area contributed by atoms with Crippen LogP contribution < -0.4 is 11.1 Å². The summed E-state index contributed by atoms with van der Waals surface area (Å²) >= 11 is 6.20. The van der Waals surface area contributed by atoms with Crippen molar-refractivity contribution in [3.63, 3.8) is 0 Å². The normalized spacial score (nSPS) is 19.6. The molecule has 4 nitrogen and oxygen atoms in total. The van der Waals surface area contributed by atoms with Gasteiger partial charge in [0.25, 0.3) is 0 Å². The van der Waals surface area contributed by atoms with Gasteiger partial charge in [-0.1, -0.05) is 41.9 Å². The quantitative estimate of drug-likeness (QED) is 0.582. The summed E-state index contributed by atoms with van der Waals surface area (Å²) in [5.74, 6) is 0. The number of nitrogens with two attached hydrogens (primary N) is 1.